The van der Waals surface area contributed by atoms with Gasteiger partial charge in [-0.05, 0) is 48.3 Å². The van der Waals surface area contributed by atoms with E-state index in [9.17, 15) is 13.2 Å². The molecule has 0 spiro atoms. The molecule has 1 aromatic rings. The third kappa shape index (κ3) is 3.41. The van der Waals surface area contributed by atoms with E-state index in [-0.39, 0.29) is 15.7 Å². The quantitative estimate of drug-likeness (QED) is 0.769. The molecule has 2 aliphatic rings. The van der Waals surface area contributed by atoms with Gasteiger partial charge in [0.05, 0.1) is 23.3 Å². The predicted octanol–water partition coefficient (Wildman–Crippen LogP) is 3.28. The molecule has 3 rings (SSSR count). The lowest BCUT2D eigenvalue weighted by atomic mass is 9.65. The number of sulfone groups is 1. The van der Waals surface area contributed by atoms with Gasteiger partial charge in [-0.25, -0.2) is 13.2 Å². The van der Waals surface area contributed by atoms with Crippen LogP contribution in [0.4, 0.5) is 5.69 Å². The molecule has 0 aromatic heterocycles. The van der Waals surface area contributed by atoms with Crippen LogP contribution in [0.2, 0.25) is 0 Å². The third-order valence-electron chi connectivity index (χ3n) is 5.53. The summed E-state index contributed by atoms with van der Waals surface area (Å²) in [5.41, 5.74) is 1.60. The van der Waals surface area contributed by atoms with Crippen LogP contribution in [-0.4, -0.2) is 40.3 Å². The van der Waals surface area contributed by atoms with Crippen molar-refractivity contribution in [1.82, 2.24) is 0 Å². The number of hydrogen-bond acceptors (Lipinski definition) is 5. The van der Waals surface area contributed by atoms with Crippen molar-refractivity contribution in [3.8, 4) is 0 Å². The molecule has 25 heavy (non-hydrogen) atoms. The number of methoxy groups -OCH3 is 1. The van der Waals surface area contributed by atoms with Gasteiger partial charge in [0, 0.05) is 18.8 Å². The lowest BCUT2D eigenvalue weighted by Gasteiger charge is -2.39. The maximum Gasteiger partial charge on any atom is 0.340 e. The number of carbonyl (C=O) groups excluding carboxylic acids is 1. The van der Waals surface area contributed by atoms with E-state index in [4.69, 9.17) is 4.74 Å². The standard InChI is InChI=1S/C19H27NO4S/c1-18(2)9-13-10-19(3,11-18)12-20(13)16-7-6-14(25(5,22)23)8-15(16)17(21)24-4/h6-8,13H,9-12H2,1-5H3. The van der Waals surface area contributed by atoms with Crippen molar-refractivity contribution in [2.75, 3.05) is 24.8 Å². The summed E-state index contributed by atoms with van der Waals surface area (Å²) in [7, 11) is -2.06. The molecule has 1 aromatic carbocycles. The zero-order valence-corrected chi connectivity index (χ0v) is 16.4. The molecule has 138 valence electrons. The SMILES string of the molecule is COC(=O)c1cc(S(C)(=O)=O)ccc1N1CC2(C)CC1CC(C)(C)C2. The van der Waals surface area contributed by atoms with Crippen molar-refractivity contribution >= 4 is 21.5 Å². The maximum atomic E-state index is 12.3. The summed E-state index contributed by atoms with van der Waals surface area (Å²) in [5.74, 6) is -0.494. The molecule has 1 saturated heterocycles. The second-order valence-electron chi connectivity index (χ2n) is 8.78. The van der Waals surface area contributed by atoms with Gasteiger partial charge in [0.1, 0.15) is 0 Å². The van der Waals surface area contributed by atoms with Gasteiger partial charge < -0.3 is 9.64 Å². The minimum atomic E-state index is -3.38. The fraction of sp³-hybridized carbons (Fsp3) is 0.632. The average Bonchev–Trinajstić information content (AvgIpc) is 2.73. The molecule has 2 bridgehead atoms. The van der Waals surface area contributed by atoms with Gasteiger partial charge in [-0.2, -0.15) is 0 Å². The van der Waals surface area contributed by atoms with E-state index in [2.05, 4.69) is 25.7 Å². The highest BCUT2D eigenvalue weighted by Crippen LogP contribution is 2.53. The van der Waals surface area contributed by atoms with Gasteiger partial charge in [-0.15, -0.1) is 0 Å². The van der Waals surface area contributed by atoms with Crippen LogP contribution < -0.4 is 4.90 Å². The van der Waals surface area contributed by atoms with E-state index in [1.54, 1.807) is 12.1 Å². The van der Waals surface area contributed by atoms with E-state index in [0.717, 1.165) is 37.8 Å². The van der Waals surface area contributed by atoms with Crippen LogP contribution in [0.1, 0.15) is 50.4 Å². The van der Waals surface area contributed by atoms with Crippen LogP contribution in [-0.2, 0) is 14.6 Å². The molecular weight excluding hydrogens is 338 g/mol. The Bertz CT molecular complexity index is 815. The van der Waals surface area contributed by atoms with E-state index in [1.165, 1.54) is 13.2 Å². The summed E-state index contributed by atoms with van der Waals surface area (Å²) in [6.07, 6.45) is 4.47. The van der Waals surface area contributed by atoms with Crippen molar-refractivity contribution in [1.29, 1.82) is 0 Å². The highest BCUT2D eigenvalue weighted by molar-refractivity contribution is 7.90. The zero-order chi connectivity index (χ0) is 18.6. The van der Waals surface area contributed by atoms with Gasteiger partial charge in [0.2, 0.25) is 0 Å². The molecule has 1 aliphatic heterocycles. The van der Waals surface area contributed by atoms with Crippen molar-refractivity contribution in [3.63, 3.8) is 0 Å². The lowest BCUT2D eigenvalue weighted by molar-refractivity contribution is 0.0601. The van der Waals surface area contributed by atoms with Crippen LogP contribution in [0, 0.1) is 10.8 Å². The lowest BCUT2D eigenvalue weighted by Crippen LogP contribution is -2.35. The van der Waals surface area contributed by atoms with Crippen molar-refractivity contribution in [2.24, 2.45) is 10.8 Å². The highest BCUT2D eigenvalue weighted by Gasteiger charge is 2.50. The number of carbonyl (C=O) groups is 1. The normalized spacial score (nSPS) is 28.0. The minimum absolute atomic E-state index is 0.144. The topological polar surface area (TPSA) is 63.7 Å². The summed E-state index contributed by atoms with van der Waals surface area (Å²) >= 11 is 0. The van der Waals surface area contributed by atoms with Gasteiger partial charge in [0.15, 0.2) is 9.84 Å². The first-order chi connectivity index (χ1) is 11.4. The summed E-state index contributed by atoms with van der Waals surface area (Å²) in [6, 6.07) is 5.17. The number of benzene rings is 1. The monoisotopic (exact) mass is 365 g/mol. The largest absolute Gasteiger partial charge is 0.465 e. The number of anilines is 1. The second kappa shape index (κ2) is 5.73. The number of ether oxygens (including phenoxy) is 1. The molecule has 0 N–H and O–H groups in total. The number of nitrogens with zero attached hydrogens (tertiary/aromatic N) is 1. The predicted molar refractivity (Wildman–Crippen MR) is 97.8 cm³/mol. The Labute approximate surface area is 150 Å². The molecule has 2 unspecified atom stereocenters. The smallest absolute Gasteiger partial charge is 0.340 e. The maximum absolute atomic E-state index is 12.3. The van der Waals surface area contributed by atoms with E-state index in [1.807, 2.05) is 0 Å². The Morgan fingerprint density at radius 1 is 1.24 bits per heavy atom. The second-order valence-corrected chi connectivity index (χ2v) is 10.8. The molecule has 1 saturated carbocycles. The van der Waals surface area contributed by atoms with Crippen molar-refractivity contribution in [3.05, 3.63) is 23.8 Å². The van der Waals surface area contributed by atoms with E-state index < -0.39 is 15.8 Å². The number of esters is 1. The van der Waals surface area contributed by atoms with Crippen LogP contribution in [0.25, 0.3) is 0 Å². The number of hydrogen-bond donors (Lipinski definition) is 0. The Morgan fingerprint density at radius 2 is 1.92 bits per heavy atom. The molecular formula is C19H27NO4S. The van der Waals surface area contributed by atoms with Gasteiger partial charge >= 0.3 is 5.97 Å². The summed E-state index contributed by atoms with van der Waals surface area (Å²) in [4.78, 5) is 14.8. The Hall–Kier alpha value is -1.56. The minimum Gasteiger partial charge on any atom is -0.465 e. The fourth-order valence-electron chi connectivity index (χ4n) is 5.01. The average molecular weight is 365 g/mol. The molecule has 0 amide bonds. The first-order valence-electron chi connectivity index (χ1n) is 8.63. The summed E-state index contributed by atoms with van der Waals surface area (Å²) in [5, 5.41) is 0. The fourth-order valence-corrected chi connectivity index (χ4v) is 5.66. The first kappa shape index (κ1) is 18.2. The van der Waals surface area contributed by atoms with Gasteiger partial charge in [0.25, 0.3) is 0 Å². The van der Waals surface area contributed by atoms with Gasteiger partial charge in [-0.1, -0.05) is 20.8 Å². The van der Waals surface area contributed by atoms with Crippen LogP contribution in [0.5, 0.6) is 0 Å². The Balaban J connectivity index is 2.07. The molecule has 0 radical (unpaired) electrons. The summed E-state index contributed by atoms with van der Waals surface area (Å²) < 4.78 is 28.7. The molecule has 6 heteroatoms. The van der Waals surface area contributed by atoms with Crippen LogP contribution in [0.15, 0.2) is 23.1 Å². The molecule has 2 fully saturated rings. The summed E-state index contributed by atoms with van der Waals surface area (Å²) in [6.45, 7) is 7.79. The molecule has 5 nitrogen and oxygen atoms in total. The number of fused-ring (bicyclic) bond motifs is 2. The Kier molecular flexibility index (Phi) is 4.18. The molecule has 2 atom stereocenters. The van der Waals surface area contributed by atoms with Gasteiger partial charge in [-0.3, -0.25) is 0 Å². The van der Waals surface area contributed by atoms with E-state index >= 15 is 0 Å². The first-order valence-corrected chi connectivity index (χ1v) is 10.5. The van der Waals surface area contributed by atoms with Crippen molar-refractivity contribution < 1.29 is 17.9 Å². The number of rotatable bonds is 3. The highest BCUT2D eigenvalue weighted by atomic mass is 32.2. The third-order valence-corrected chi connectivity index (χ3v) is 6.64. The van der Waals surface area contributed by atoms with Crippen LogP contribution in [0.3, 0.4) is 0 Å². The molecule has 1 heterocycles. The Morgan fingerprint density at radius 3 is 2.52 bits per heavy atom. The molecule has 1 aliphatic carbocycles. The van der Waals surface area contributed by atoms with Crippen molar-refractivity contribution in [2.45, 2.75) is 51.0 Å². The van der Waals surface area contributed by atoms with Crippen LogP contribution >= 0.6 is 0 Å². The van der Waals surface area contributed by atoms with E-state index in [0.29, 0.717) is 11.6 Å². The zero-order valence-electron chi connectivity index (χ0n) is 15.6.